The van der Waals surface area contributed by atoms with Gasteiger partial charge in [0.15, 0.2) is 0 Å². The summed E-state index contributed by atoms with van der Waals surface area (Å²) in [6, 6.07) is -0.217. The molecule has 2 aliphatic heterocycles. The fraction of sp³-hybridized carbons (Fsp3) is 0.875. The van der Waals surface area contributed by atoms with Gasteiger partial charge < -0.3 is 15.0 Å². The lowest BCUT2D eigenvalue weighted by atomic mass is 10.1. The highest BCUT2D eigenvalue weighted by Crippen LogP contribution is 2.19. The van der Waals surface area contributed by atoms with Crippen LogP contribution >= 0.6 is 0 Å². The van der Waals surface area contributed by atoms with E-state index >= 15 is 0 Å². The third kappa shape index (κ3) is 1.59. The zero-order valence-corrected chi connectivity index (χ0v) is 7.58. The van der Waals surface area contributed by atoms with Crippen molar-refractivity contribution >= 4 is 5.91 Å². The highest BCUT2D eigenvalue weighted by atomic mass is 19.3. The summed E-state index contributed by atoms with van der Waals surface area (Å²) in [7, 11) is 0. The Bertz CT molecular complexity index is 237. The van der Waals surface area contributed by atoms with E-state index in [1.165, 1.54) is 4.90 Å². The van der Waals surface area contributed by atoms with Crippen molar-refractivity contribution in [2.75, 3.05) is 26.2 Å². The number of rotatable bonds is 1. The van der Waals surface area contributed by atoms with Crippen LogP contribution in [0.4, 0.5) is 8.78 Å². The summed E-state index contributed by atoms with van der Waals surface area (Å²) in [5.41, 5.74) is 0. The summed E-state index contributed by atoms with van der Waals surface area (Å²) in [6.45, 7) is 1.80. The van der Waals surface area contributed by atoms with Crippen molar-refractivity contribution in [1.29, 1.82) is 0 Å². The van der Waals surface area contributed by atoms with Gasteiger partial charge in [0.1, 0.15) is 0 Å². The van der Waals surface area contributed by atoms with Gasteiger partial charge in [-0.1, -0.05) is 0 Å². The first kappa shape index (κ1) is 9.79. The third-order valence-corrected chi connectivity index (χ3v) is 2.66. The van der Waals surface area contributed by atoms with Crippen LogP contribution in [0.25, 0.3) is 0 Å². The minimum atomic E-state index is -2.91. The summed E-state index contributed by atoms with van der Waals surface area (Å²) in [5.74, 6) is -1.08. The lowest BCUT2D eigenvalue weighted by Crippen LogP contribution is -2.54. The molecule has 14 heavy (non-hydrogen) atoms. The van der Waals surface area contributed by atoms with E-state index in [1.807, 2.05) is 0 Å². The van der Waals surface area contributed by atoms with Gasteiger partial charge in [-0.3, -0.25) is 4.79 Å². The van der Waals surface area contributed by atoms with E-state index in [1.54, 1.807) is 0 Å². The molecule has 0 aromatic carbocycles. The molecule has 2 fully saturated rings. The third-order valence-electron chi connectivity index (χ3n) is 2.66. The van der Waals surface area contributed by atoms with Crippen LogP contribution in [0.1, 0.15) is 0 Å². The lowest BCUT2D eigenvalue weighted by Gasteiger charge is -2.36. The van der Waals surface area contributed by atoms with Crippen molar-refractivity contribution in [3.8, 4) is 0 Å². The normalized spacial score (nSPS) is 32.1. The van der Waals surface area contributed by atoms with Gasteiger partial charge in [0.2, 0.25) is 0 Å². The van der Waals surface area contributed by atoms with E-state index in [0.29, 0.717) is 19.7 Å². The van der Waals surface area contributed by atoms with E-state index in [9.17, 15) is 13.6 Å². The molecule has 0 radical (unpaired) electrons. The van der Waals surface area contributed by atoms with Gasteiger partial charge in [-0.05, 0) is 0 Å². The predicted molar refractivity (Wildman–Crippen MR) is 44.1 cm³/mol. The Morgan fingerprint density at radius 1 is 1.50 bits per heavy atom. The van der Waals surface area contributed by atoms with Crippen LogP contribution < -0.4 is 5.32 Å². The van der Waals surface area contributed by atoms with Gasteiger partial charge in [0.05, 0.1) is 18.8 Å². The molecule has 2 aliphatic rings. The Hall–Kier alpha value is -0.750. The maximum absolute atomic E-state index is 12.2. The van der Waals surface area contributed by atoms with Crippen LogP contribution in [-0.4, -0.2) is 55.6 Å². The highest BCUT2D eigenvalue weighted by molar-refractivity contribution is 5.79. The molecule has 2 atom stereocenters. The zero-order chi connectivity index (χ0) is 10.1. The number of halogens is 2. The Kier molecular flexibility index (Phi) is 2.64. The Labute approximate surface area is 80.2 Å². The first-order chi connectivity index (χ1) is 6.70. The van der Waals surface area contributed by atoms with Crippen molar-refractivity contribution in [3.63, 3.8) is 0 Å². The van der Waals surface area contributed by atoms with Gasteiger partial charge >= 0.3 is 6.43 Å². The zero-order valence-electron chi connectivity index (χ0n) is 7.58. The number of ether oxygens (including phenoxy) is 1. The largest absolute Gasteiger partial charge is 0.373 e. The average Bonchev–Trinajstić information content (AvgIpc) is 2.63. The molecule has 1 amide bonds. The number of carbonyl (C=O) groups is 1. The van der Waals surface area contributed by atoms with Gasteiger partial charge in [0.25, 0.3) is 5.91 Å². The number of hydrogen-bond donors (Lipinski definition) is 1. The van der Waals surface area contributed by atoms with E-state index < -0.39 is 12.3 Å². The van der Waals surface area contributed by atoms with E-state index in [4.69, 9.17) is 4.74 Å². The quantitative estimate of drug-likeness (QED) is 0.626. The number of hydrogen-bond acceptors (Lipinski definition) is 3. The molecular formula is C8H12F2N2O2. The molecule has 80 valence electrons. The second-order valence-electron chi connectivity index (χ2n) is 3.47. The molecule has 0 spiro atoms. The number of nitrogens with one attached hydrogen (secondary N) is 1. The van der Waals surface area contributed by atoms with Crippen molar-refractivity contribution in [2.24, 2.45) is 0 Å². The van der Waals surface area contributed by atoms with E-state index in [-0.39, 0.29) is 18.7 Å². The van der Waals surface area contributed by atoms with Crippen molar-refractivity contribution in [2.45, 2.75) is 18.6 Å². The van der Waals surface area contributed by atoms with Crippen molar-refractivity contribution in [1.82, 2.24) is 10.2 Å². The molecular weight excluding hydrogens is 194 g/mol. The molecule has 1 N–H and O–H groups in total. The summed E-state index contributed by atoms with van der Waals surface area (Å²) in [6.07, 6.45) is -3.03. The maximum Gasteiger partial charge on any atom is 0.315 e. The number of morpholine rings is 1. The Morgan fingerprint density at radius 3 is 3.00 bits per heavy atom. The fourth-order valence-electron chi connectivity index (χ4n) is 1.99. The number of carbonyl (C=O) groups excluding carboxylic acids is 1. The molecule has 0 aromatic heterocycles. The van der Waals surface area contributed by atoms with Crippen molar-refractivity contribution < 1.29 is 18.3 Å². The van der Waals surface area contributed by atoms with E-state index in [0.717, 1.165) is 0 Å². The second-order valence-corrected chi connectivity index (χ2v) is 3.47. The molecule has 0 unspecified atom stereocenters. The van der Waals surface area contributed by atoms with Gasteiger partial charge in [-0.15, -0.1) is 0 Å². The predicted octanol–water partition coefficient (Wildman–Crippen LogP) is -0.549. The van der Waals surface area contributed by atoms with Crippen LogP contribution in [-0.2, 0) is 9.53 Å². The molecule has 2 rings (SSSR count). The Morgan fingerprint density at radius 2 is 2.29 bits per heavy atom. The molecule has 4 nitrogen and oxygen atoms in total. The number of fused-ring (bicyclic) bond motifs is 1. The second kappa shape index (κ2) is 3.78. The molecule has 2 heterocycles. The van der Waals surface area contributed by atoms with Crippen molar-refractivity contribution in [3.05, 3.63) is 0 Å². The molecule has 2 saturated heterocycles. The monoisotopic (exact) mass is 206 g/mol. The molecule has 0 bridgehead atoms. The summed E-state index contributed by atoms with van der Waals surface area (Å²) >= 11 is 0. The number of amides is 1. The molecule has 0 aromatic rings. The minimum Gasteiger partial charge on any atom is -0.373 e. The molecule has 0 aliphatic carbocycles. The minimum absolute atomic E-state index is 0.119. The van der Waals surface area contributed by atoms with Gasteiger partial charge in [0, 0.05) is 19.6 Å². The summed E-state index contributed by atoms with van der Waals surface area (Å²) in [5, 5.41) is 3.02. The first-order valence-corrected chi connectivity index (χ1v) is 4.61. The van der Waals surface area contributed by atoms with Crippen LogP contribution in [0.15, 0.2) is 0 Å². The number of nitrogens with zero attached hydrogens (tertiary/aromatic N) is 1. The standard InChI is InChI=1S/C8H12F2N2O2/c9-7(10)8(13)12-1-2-14-6-4-11-3-5(6)12/h5-7,11H,1-4H2/t5-,6+/m0/s1. The van der Waals surface area contributed by atoms with Crippen LogP contribution in [0.3, 0.4) is 0 Å². The van der Waals surface area contributed by atoms with Crippen LogP contribution in [0.2, 0.25) is 0 Å². The van der Waals surface area contributed by atoms with Gasteiger partial charge in [-0.2, -0.15) is 8.78 Å². The maximum atomic E-state index is 12.2. The highest BCUT2D eigenvalue weighted by Gasteiger charge is 2.40. The molecule has 0 saturated carbocycles. The summed E-state index contributed by atoms with van der Waals surface area (Å²) in [4.78, 5) is 12.4. The van der Waals surface area contributed by atoms with E-state index in [2.05, 4.69) is 5.32 Å². The first-order valence-electron chi connectivity index (χ1n) is 4.61. The SMILES string of the molecule is O=C(C(F)F)N1CCO[C@@H]2CNC[C@@H]21. The average molecular weight is 206 g/mol. The fourth-order valence-corrected chi connectivity index (χ4v) is 1.99. The molecule has 6 heteroatoms. The Balaban J connectivity index is 2.06. The number of alkyl halides is 2. The van der Waals surface area contributed by atoms with Gasteiger partial charge in [-0.25, -0.2) is 0 Å². The van der Waals surface area contributed by atoms with Crippen LogP contribution in [0, 0.1) is 0 Å². The topological polar surface area (TPSA) is 41.6 Å². The summed E-state index contributed by atoms with van der Waals surface area (Å²) < 4.78 is 29.8. The smallest absolute Gasteiger partial charge is 0.315 e. The van der Waals surface area contributed by atoms with Crippen LogP contribution in [0.5, 0.6) is 0 Å². The lowest BCUT2D eigenvalue weighted by molar-refractivity contribution is -0.154.